The zero-order valence-corrected chi connectivity index (χ0v) is 6.81. The van der Waals surface area contributed by atoms with Gasteiger partial charge in [0.25, 0.3) is 0 Å². The summed E-state index contributed by atoms with van der Waals surface area (Å²) in [6, 6.07) is 0. The summed E-state index contributed by atoms with van der Waals surface area (Å²) in [5, 5.41) is 0. The average molecular weight is 150 g/mol. The molecule has 0 aromatic carbocycles. The van der Waals surface area contributed by atoms with Crippen molar-refractivity contribution in [3.63, 3.8) is 0 Å². The second kappa shape index (κ2) is 4.20. The van der Waals surface area contributed by atoms with Crippen LogP contribution in [0.3, 0.4) is 0 Å². The van der Waals surface area contributed by atoms with Crippen molar-refractivity contribution in [3.8, 4) is 12.3 Å². The molecule has 1 nitrogen and oxygen atoms in total. The summed E-state index contributed by atoms with van der Waals surface area (Å²) < 4.78 is 5.41. The molecule has 1 fully saturated rings. The predicted molar refractivity (Wildman–Crippen MR) is 46.2 cm³/mol. The van der Waals surface area contributed by atoms with Crippen molar-refractivity contribution >= 4 is 0 Å². The van der Waals surface area contributed by atoms with Gasteiger partial charge in [-0.2, -0.15) is 0 Å². The van der Waals surface area contributed by atoms with Gasteiger partial charge in [0, 0.05) is 0 Å². The molecule has 11 heavy (non-hydrogen) atoms. The van der Waals surface area contributed by atoms with Crippen molar-refractivity contribution in [2.24, 2.45) is 0 Å². The molecule has 0 amide bonds. The highest BCUT2D eigenvalue weighted by Crippen LogP contribution is 2.24. The van der Waals surface area contributed by atoms with Crippen LogP contribution in [0.2, 0.25) is 0 Å². The van der Waals surface area contributed by atoms with Crippen molar-refractivity contribution in [1.29, 1.82) is 0 Å². The highest BCUT2D eigenvalue weighted by molar-refractivity contribution is 5.05. The molecule has 0 saturated heterocycles. The van der Waals surface area contributed by atoms with Crippen LogP contribution >= 0.6 is 0 Å². The fourth-order valence-electron chi connectivity index (χ4n) is 1.40. The zero-order chi connectivity index (χ0) is 8.10. The zero-order valence-electron chi connectivity index (χ0n) is 6.81. The number of rotatable bonds is 2. The van der Waals surface area contributed by atoms with Gasteiger partial charge in [0.05, 0.1) is 6.10 Å². The summed E-state index contributed by atoms with van der Waals surface area (Å²) in [7, 11) is 0. The van der Waals surface area contributed by atoms with Gasteiger partial charge in [-0.3, -0.25) is 0 Å². The van der Waals surface area contributed by atoms with Gasteiger partial charge in [0.15, 0.2) is 0 Å². The topological polar surface area (TPSA) is 9.23 Å². The van der Waals surface area contributed by atoms with Crippen molar-refractivity contribution in [3.05, 3.63) is 12.2 Å². The lowest BCUT2D eigenvalue weighted by molar-refractivity contribution is 0.0856. The maximum atomic E-state index is 5.41. The Morgan fingerprint density at radius 2 is 2.45 bits per heavy atom. The molecule has 1 saturated carbocycles. The maximum Gasteiger partial charge on any atom is 0.108 e. The van der Waals surface area contributed by atoms with Crippen LogP contribution < -0.4 is 0 Å². The minimum absolute atomic E-state index is 0.236. The molecule has 0 unspecified atom stereocenters. The molecule has 1 rings (SSSR count). The fourth-order valence-corrected chi connectivity index (χ4v) is 1.40. The van der Waals surface area contributed by atoms with E-state index >= 15 is 0 Å². The molecule has 0 N–H and O–H groups in total. The summed E-state index contributed by atoms with van der Waals surface area (Å²) in [5.41, 5.74) is 1.21. The van der Waals surface area contributed by atoms with Gasteiger partial charge in [-0.1, -0.05) is 18.9 Å². The van der Waals surface area contributed by atoms with Gasteiger partial charge in [-0.25, -0.2) is 0 Å². The van der Waals surface area contributed by atoms with E-state index in [4.69, 9.17) is 11.2 Å². The monoisotopic (exact) mass is 150 g/mol. The van der Waals surface area contributed by atoms with Gasteiger partial charge < -0.3 is 4.74 Å². The first kappa shape index (κ1) is 8.36. The van der Waals surface area contributed by atoms with E-state index in [1.165, 1.54) is 18.4 Å². The summed E-state index contributed by atoms with van der Waals surface area (Å²) in [5.74, 6) is 2.47. The summed E-state index contributed by atoms with van der Waals surface area (Å²) in [4.78, 5) is 0. The molecule has 0 spiro atoms. The molecule has 0 radical (unpaired) electrons. The molecule has 0 aliphatic heterocycles. The molecular formula is C10H14O. The van der Waals surface area contributed by atoms with Crippen molar-refractivity contribution in [1.82, 2.24) is 0 Å². The number of hydrogen-bond donors (Lipinski definition) is 0. The Hall–Kier alpha value is -0.740. The molecule has 1 atom stereocenters. The lowest BCUT2D eigenvalue weighted by Gasteiger charge is -2.23. The third-order valence-corrected chi connectivity index (χ3v) is 2.04. The Kier molecular flexibility index (Phi) is 3.19. The molecule has 1 heteroatoms. The Bertz CT molecular complexity index is 176. The predicted octanol–water partition coefficient (Wildman–Crippen LogP) is 2.13. The van der Waals surface area contributed by atoms with E-state index in [2.05, 4.69) is 12.5 Å². The van der Waals surface area contributed by atoms with E-state index < -0.39 is 0 Å². The van der Waals surface area contributed by atoms with Gasteiger partial charge >= 0.3 is 0 Å². The average Bonchev–Trinajstić information content (AvgIpc) is 2.03. The van der Waals surface area contributed by atoms with Gasteiger partial charge in [0.2, 0.25) is 0 Å². The number of terminal acetylenes is 1. The van der Waals surface area contributed by atoms with Crippen LogP contribution in [0.4, 0.5) is 0 Å². The third-order valence-electron chi connectivity index (χ3n) is 2.04. The SMILES string of the molecule is C#CCO[C@@H]1CCCCC1=C. The highest BCUT2D eigenvalue weighted by atomic mass is 16.5. The molecule has 0 aromatic heterocycles. The normalized spacial score (nSPS) is 24.6. The van der Waals surface area contributed by atoms with E-state index in [1.807, 2.05) is 0 Å². The minimum atomic E-state index is 0.236. The van der Waals surface area contributed by atoms with E-state index in [-0.39, 0.29) is 6.10 Å². The molecule has 0 heterocycles. The number of ether oxygens (including phenoxy) is 1. The van der Waals surface area contributed by atoms with Crippen LogP contribution in [-0.4, -0.2) is 12.7 Å². The summed E-state index contributed by atoms with van der Waals surface area (Å²) >= 11 is 0. The maximum absolute atomic E-state index is 5.41. The largest absolute Gasteiger partial charge is 0.361 e. The Balaban J connectivity index is 2.31. The van der Waals surface area contributed by atoms with Crippen LogP contribution in [0.1, 0.15) is 25.7 Å². The first-order valence-corrected chi connectivity index (χ1v) is 4.07. The van der Waals surface area contributed by atoms with Crippen LogP contribution in [0.5, 0.6) is 0 Å². The lowest BCUT2D eigenvalue weighted by Crippen LogP contribution is -2.19. The Morgan fingerprint density at radius 3 is 3.09 bits per heavy atom. The van der Waals surface area contributed by atoms with E-state index in [0.717, 1.165) is 12.8 Å². The molecular weight excluding hydrogens is 136 g/mol. The fraction of sp³-hybridized carbons (Fsp3) is 0.600. The second-order valence-electron chi connectivity index (χ2n) is 2.91. The van der Waals surface area contributed by atoms with Crippen molar-refractivity contribution < 1.29 is 4.74 Å². The molecule has 0 bridgehead atoms. The highest BCUT2D eigenvalue weighted by Gasteiger charge is 2.16. The summed E-state index contributed by atoms with van der Waals surface area (Å²) in [6.07, 6.45) is 10.0. The first-order chi connectivity index (χ1) is 5.34. The molecule has 1 aliphatic carbocycles. The second-order valence-corrected chi connectivity index (χ2v) is 2.91. The Labute approximate surface area is 68.4 Å². The quantitative estimate of drug-likeness (QED) is 0.433. The smallest absolute Gasteiger partial charge is 0.108 e. The van der Waals surface area contributed by atoms with Gasteiger partial charge in [-0.05, 0) is 24.8 Å². The summed E-state index contributed by atoms with van der Waals surface area (Å²) in [6.45, 7) is 4.38. The van der Waals surface area contributed by atoms with Crippen molar-refractivity contribution in [2.45, 2.75) is 31.8 Å². The van der Waals surface area contributed by atoms with Crippen LogP contribution in [0.25, 0.3) is 0 Å². The van der Waals surface area contributed by atoms with Crippen LogP contribution in [0.15, 0.2) is 12.2 Å². The minimum Gasteiger partial charge on any atom is -0.361 e. The third kappa shape index (κ3) is 2.40. The standard InChI is InChI=1S/C10H14O/c1-3-8-11-10-7-5-4-6-9(10)2/h1,10H,2,4-8H2/t10-/m1/s1. The Morgan fingerprint density at radius 1 is 1.64 bits per heavy atom. The van der Waals surface area contributed by atoms with Crippen LogP contribution in [0, 0.1) is 12.3 Å². The lowest BCUT2D eigenvalue weighted by atomic mass is 9.93. The van der Waals surface area contributed by atoms with E-state index in [0.29, 0.717) is 6.61 Å². The van der Waals surface area contributed by atoms with Crippen molar-refractivity contribution in [2.75, 3.05) is 6.61 Å². The molecule has 0 aromatic rings. The molecule has 1 aliphatic rings. The first-order valence-electron chi connectivity index (χ1n) is 4.07. The van der Waals surface area contributed by atoms with Gasteiger partial charge in [0.1, 0.15) is 6.61 Å². The van der Waals surface area contributed by atoms with E-state index in [9.17, 15) is 0 Å². The van der Waals surface area contributed by atoms with Gasteiger partial charge in [-0.15, -0.1) is 6.42 Å². The van der Waals surface area contributed by atoms with Crippen LogP contribution in [-0.2, 0) is 4.74 Å². The number of hydrogen-bond acceptors (Lipinski definition) is 1. The molecule has 60 valence electrons. The van der Waals surface area contributed by atoms with E-state index in [1.54, 1.807) is 0 Å².